The Morgan fingerprint density at radius 1 is 1.24 bits per heavy atom. The first-order valence-corrected chi connectivity index (χ1v) is 7.94. The molecule has 1 amide bonds. The Balaban J connectivity index is 1.74. The van der Waals surface area contributed by atoms with Gasteiger partial charge in [-0.3, -0.25) is 10.1 Å². The molecular weight excluding hydrogens is 340 g/mol. The lowest BCUT2D eigenvalue weighted by atomic mass is 10.1. The molecule has 128 valence electrons. The van der Waals surface area contributed by atoms with E-state index in [1.54, 1.807) is 24.3 Å². The van der Waals surface area contributed by atoms with Gasteiger partial charge in [-0.25, -0.2) is 0 Å². The van der Waals surface area contributed by atoms with Gasteiger partial charge in [0.1, 0.15) is 18.1 Å². The van der Waals surface area contributed by atoms with Crippen molar-refractivity contribution in [1.82, 2.24) is 5.32 Å². The third-order valence-corrected chi connectivity index (χ3v) is 3.76. The molecular formula is C18H16N2O4S. The highest BCUT2D eigenvalue weighted by atomic mass is 32.1. The number of hydrogen-bond donors (Lipinski definition) is 3. The number of carbonyl (C=O) groups excluding carboxylic acids is 1. The lowest BCUT2D eigenvalue weighted by Gasteiger charge is -2.12. The van der Waals surface area contributed by atoms with Gasteiger partial charge in [0.05, 0.1) is 6.26 Å². The Hall–Kier alpha value is -2.90. The van der Waals surface area contributed by atoms with Crippen molar-refractivity contribution in [2.75, 3.05) is 5.32 Å². The Bertz CT molecular complexity index is 900. The van der Waals surface area contributed by atoms with E-state index in [9.17, 15) is 4.79 Å². The second-order valence-corrected chi connectivity index (χ2v) is 5.75. The van der Waals surface area contributed by atoms with Crippen LogP contribution in [-0.4, -0.2) is 16.1 Å². The summed E-state index contributed by atoms with van der Waals surface area (Å²) in [5.74, 6) is 0.889. The smallest absolute Gasteiger partial charge is 0.293 e. The van der Waals surface area contributed by atoms with E-state index < -0.39 is 5.91 Å². The van der Waals surface area contributed by atoms with Gasteiger partial charge in [0.2, 0.25) is 0 Å². The molecule has 0 bridgehead atoms. The molecule has 0 radical (unpaired) electrons. The van der Waals surface area contributed by atoms with Gasteiger partial charge < -0.3 is 19.3 Å². The molecule has 0 fully saturated rings. The van der Waals surface area contributed by atoms with E-state index in [0.717, 1.165) is 16.8 Å². The van der Waals surface area contributed by atoms with Crippen LogP contribution < -0.4 is 10.6 Å². The first-order valence-electron chi connectivity index (χ1n) is 7.53. The summed E-state index contributed by atoms with van der Waals surface area (Å²) in [5, 5.41) is 14.8. The van der Waals surface area contributed by atoms with E-state index in [1.165, 1.54) is 6.26 Å². The zero-order chi connectivity index (χ0) is 17.8. The van der Waals surface area contributed by atoms with Crippen LogP contribution in [0, 0.1) is 6.92 Å². The summed E-state index contributed by atoms with van der Waals surface area (Å²) in [6.07, 6.45) is 1.42. The number of aliphatic hydroxyl groups is 1. The normalized spacial score (nSPS) is 10.5. The summed E-state index contributed by atoms with van der Waals surface area (Å²) < 4.78 is 10.6. The molecule has 0 saturated carbocycles. The minimum absolute atomic E-state index is 0.153. The predicted molar refractivity (Wildman–Crippen MR) is 97.2 cm³/mol. The number of benzene rings is 1. The summed E-state index contributed by atoms with van der Waals surface area (Å²) in [6.45, 7) is 1.77. The molecule has 0 aliphatic heterocycles. The lowest BCUT2D eigenvalue weighted by molar-refractivity contribution is 0.0950. The van der Waals surface area contributed by atoms with E-state index in [1.807, 2.05) is 25.1 Å². The van der Waals surface area contributed by atoms with Crippen LogP contribution in [0.4, 0.5) is 5.69 Å². The SMILES string of the molecule is Cc1ccc(-c2ccc(CO)o2)cc1NC(=S)NC(=O)c1ccco1. The van der Waals surface area contributed by atoms with E-state index >= 15 is 0 Å². The second kappa shape index (κ2) is 7.33. The highest BCUT2D eigenvalue weighted by molar-refractivity contribution is 7.80. The molecule has 0 saturated heterocycles. The average Bonchev–Trinajstić information content (AvgIpc) is 3.28. The third-order valence-electron chi connectivity index (χ3n) is 3.56. The molecule has 3 N–H and O–H groups in total. The third kappa shape index (κ3) is 3.96. The lowest BCUT2D eigenvalue weighted by Crippen LogP contribution is -2.34. The van der Waals surface area contributed by atoms with Gasteiger partial charge in [0, 0.05) is 11.3 Å². The number of furan rings is 2. The van der Waals surface area contributed by atoms with Crippen molar-refractivity contribution in [1.29, 1.82) is 0 Å². The summed E-state index contributed by atoms with van der Waals surface area (Å²) >= 11 is 5.19. The van der Waals surface area contributed by atoms with E-state index in [0.29, 0.717) is 11.5 Å². The molecule has 3 aromatic rings. The minimum Gasteiger partial charge on any atom is -0.459 e. The zero-order valence-electron chi connectivity index (χ0n) is 13.4. The largest absolute Gasteiger partial charge is 0.459 e. The fraction of sp³-hybridized carbons (Fsp3) is 0.111. The monoisotopic (exact) mass is 356 g/mol. The van der Waals surface area contributed by atoms with Crippen LogP contribution in [0.5, 0.6) is 0 Å². The number of carbonyl (C=O) groups is 1. The average molecular weight is 356 g/mol. The Labute approximate surface area is 149 Å². The standard InChI is InChI=1S/C18H16N2O4S/c1-11-4-5-12(15-7-6-13(10-21)24-15)9-14(11)19-18(25)20-17(22)16-3-2-8-23-16/h2-9,21H,10H2,1H3,(H2,19,20,22,25). The number of amides is 1. The molecule has 7 heteroatoms. The number of aryl methyl sites for hydroxylation is 1. The van der Waals surface area contributed by atoms with Gasteiger partial charge in [-0.2, -0.15) is 0 Å². The maximum absolute atomic E-state index is 11.9. The van der Waals surface area contributed by atoms with Gasteiger partial charge in [-0.1, -0.05) is 12.1 Å². The summed E-state index contributed by atoms with van der Waals surface area (Å²) in [7, 11) is 0. The van der Waals surface area contributed by atoms with E-state index in [-0.39, 0.29) is 17.5 Å². The molecule has 2 heterocycles. The maximum Gasteiger partial charge on any atom is 0.293 e. The fourth-order valence-corrected chi connectivity index (χ4v) is 2.46. The van der Waals surface area contributed by atoms with Crippen LogP contribution in [0.15, 0.2) is 57.6 Å². The van der Waals surface area contributed by atoms with Crippen LogP contribution in [-0.2, 0) is 6.61 Å². The number of hydrogen-bond acceptors (Lipinski definition) is 5. The summed E-state index contributed by atoms with van der Waals surface area (Å²) in [4.78, 5) is 11.9. The minimum atomic E-state index is -0.421. The topological polar surface area (TPSA) is 87.6 Å². The number of thiocarbonyl (C=S) groups is 1. The molecule has 3 rings (SSSR count). The second-order valence-electron chi connectivity index (χ2n) is 5.34. The van der Waals surface area contributed by atoms with Crippen LogP contribution in [0.3, 0.4) is 0 Å². The predicted octanol–water partition coefficient (Wildman–Crippen LogP) is 3.47. The Morgan fingerprint density at radius 2 is 2.08 bits per heavy atom. The number of nitrogens with one attached hydrogen (secondary N) is 2. The van der Waals surface area contributed by atoms with E-state index in [4.69, 9.17) is 26.2 Å². The van der Waals surface area contributed by atoms with Crippen molar-refractivity contribution >= 4 is 28.9 Å². The molecule has 0 spiro atoms. The van der Waals surface area contributed by atoms with Crippen molar-refractivity contribution in [3.05, 3.63) is 65.8 Å². The van der Waals surface area contributed by atoms with Crippen molar-refractivity contribution in [3.8, 4) is 11.3 Å². The molecule has 25 heavy (non-hydrogen) atoms. The summed E-state index contributed by atoms with van der Waals surface area (Å²) in [5.41, 5.74) is 2.52. The van der Waals surface area contributed by atoms with Crippen LogP contribution >= 0.6 is 12.2 Å². The van der Waals surface area contributed by atoms with Gasteiger partial charge in [0.15, 0.2) is 10.9 Å². The summed E-state index contributed by atoms with van der Waals surface area (Å²) in [6, 6.07) is 12.4. The van der Waals surface area contributed by atoms with Crippen molar-refractivity contribution in [2.24, 2.45) is 0 Å². The zero-order valence-corrected chi connectivity index (χ0v) is 14.2. The van der Waals surface area contributed by atoms with Crippen molar-refractivity contribution < 1.29 is 18.7 Å². The van der Waals surface area contributed by atoms with Crippen LogP contribution in [0.1, 0.15) is 21.9 Å². The molecule has 6 nitrogen and oxygen atoms in total. The van der Waals surface area contributed by atoms with Gasteiger partial charge >= 0.3 is 0 Å². The first-order chi connectivity index (χ1) is 12.1. The highest BCUT2D eigenvalue weighted by Gasteiger charge is 2.12. The van der Waals surface area contributed by atoms with Crippen molar-refractivity contribution in [3.63, 3.8) is 0 Å². The molecule has 0 unspecified atom stereocenters. The number of aliphatic hydroxyl groups excluding tert-OH is 1. The first kappa shape index (κ1) is 16.9. The van der Waals surface area contributed by atoms with Gasteiger partial charge in [-0.15, -0.1) is 0 Å². The molecule has 0 atom stereocenters. The fourth-order valence-electron chi connectivity index (χ4n) is 2.25. The van der Waals surface area contributed by atoms with Gasteiger partial charge in [0.25, 0.3) is 5.91 Å². The van der Waals surface area contributed by atoms with Crippen LogP contribution in [0.25, 0.3) is 11.3 Å². The van der Waals surface area contributed by atoms with Crippen molar-refractivity contribution in [2.45, 2.75) is 13.5 Å². The molecule has 0 aliphatic carbocycles. The molecule has 2 aromatic heterocycles. The quantitative estimate of drug-likeness (QED) is 0.621. The highest BCUT2D eigenvalue weighted by Crippen LogP contribution is 2.27. The Morgan fingerprint density at radius 3 is 2.76 bits per heavy atom. The maximum atomic E-state index is 11.9. The Kier molecular flexibility index (Phi) is 4.97. The van der Waals surface area contributed by atoms with Crippen LogP contribution in [0.2, 0.25) is 0 Å². The number of rotatable bonds is 4. The number of anilines is 1. The molecule has 1 aromatic carbocycles. The van der Waals surface area contributed by atoms with E-state index in [2.05, 4.69) is 10.6 Å². The van der Waals surface area contributed by atoms with Gasteiger partial charge in [-0.05, 0) is 55.0 Å². The molecule has 0 aliphatic rings.